The maximum absolute atomic E-state index is 13.3. The molecule has 1 aromatic rings. The van der Waals surface area contributed by atoms with Crippen molar-refractivity contribution < 1.29 is 8.78 Å². The molecule has 0 amide bonds. The zero-order valence-corrected chi connectivity index (χ0v) is 8.89. The van der Waals surface area contributed by atoms with Crippen LogP contribution >= 0.6 is 15.9 Å². The highest BCUT2D eigenvalue weighted by molar-refractivity contribution is 9.10. The van der Waals surface area contributed by atoms with Crippen LogP contribution in [0.3, 0.4) is 0 Å². The fourth-order valence-corrected chi connectivity index (χ4v) is 1.32. The van der Waals surface area contributed by atoms with E-state index in [4.69, 9.17) is 5.26 Å². The summed E-state index contributed by atoms with van der Waals surface area (Å²) in [7, 11) is 0. The number of rotatable bonds is 3. The van der Waals surface area contributed by atoms with Gasteiger partial charge in [0.25, 0.3) is 5.92 Å². The smallest absolute Gasteiger partial charge is 0.201 e. The van der Waals surface area contributed by atoms with Crippen LogP contribution in [0, 0.1) is 11.3 Å². The summed E-state index contributed by atoms with van der Waals surface area (Å²) in [5, 5.41) is 8.23. The summed E-state index contributed by atoms with van der Waals surface area (Å²) in [6, 6.07) is 7.57. The van der Waals surface area contributed by atoms with Crippen molar-refractivity contribution in [2.45, 2.75) is 18.8 Å². The normalized spacial score (nSPS) is 11.0. The Labute approximate surface area is 89.5 Å². The number of benzene rings is 1. The van der Waals surface area contributed by atoms with Crippen molar-refractivity contribution in [1.29, 1.82) is 5.26 Å². The van der Waals surface area contributed by atoms with Gasteiger partial charge in [-0.3, -0.25) is 0 Å². The minimum atomic E-state index is -2.91. The molecule has 1 aromatic carbocycles. The van der Waals surface area contributed by atoms with Gasteiger partial charge >= 0.3 is 0 Å². The number of nitriles is 1. The van der Waals surface area contributed by atoms with Crippen LogP contribution in [-0.4, -0.2) is 0 Å². The Bertz CT molecular complexity index is 340. The Morgan fingerprint density at radius 1 is 1.29 bits per heavy atom. The quantitative estimate of drug-likeness (QED) is 0.809. The molecule has 0 bridgehead atoms. The Morgan fingerprint density at radius 2 is 1.86 bits per heavy atom. The molecule has 0 aromatic heterocycles. The number of nitrogens with zero attached hydrogens (tertiary/aromatic N) is 1. The summed E-state index contributed by atoms with van der Waals surface area (Å²) in [6.45, 7) is 0. The van der Waals surface area contributed by atoms with Crippen LogP contribution in [0.4, 0.5) is 8.78 Å². The third kappa shape index (κ3) is 2.78. The third-order valence-corrected chi connectivity index (χ3v) is 2.35. The predicted molar refractivity (Wildman–Crippen MR) is 52.9 cm³/mol. The summed E-state index contributed by atoms with van der Waals surface area (Å²) in [5.41, 5.74) is -0.0454. The molecule has 0 N–H and O–H groups in total. The molecule has 0 fully saturated rings. The highest BCUT2D eigenvalue weighted by atomic mass is 79.9. The van der Waals surface area contributed by atoms with Crippen LogP contribution in [0.25, 0.3) is 0 Å². The van der Waals surface area contributed by atoms with Crippen LogP contribution in [0.1, 0.15) is 18.4 Å². The second-order valence-electron chi connectivity index (χ2n) is 2.87. The van der Waals surface area contributed by atoms with Crippen molar-refractivity contribution >= 4 is 15.9 Å². The van der Waals surface area contributed by atoms with E-state index in [1.54, 1.807) is 18.2 Å². The van der Waals surface area contributed by atoms with E-state index >= 15 is 0 Å². The maximum Gasteiger partial charge on any atom is 0.274 e. The lowest BCUT2D eigenvalue weighted by atomic mass is 10.0. The zero-order chi connectivity index (χ0) is 10.6. The molecule has 1 rings (SSSR count). The molecule has 4 heteroatoms. The van der Waals surface area contributed by atoms with Crippen LogP contribution in [0.5, 0.6) is 0 Å². The van der Waals surface area contributed by atoms with Gasteiger partial charge in [-0.1, -0.05) is 28.1 Å². The molecular formula is C10H8BrF2N. The lowest BCUT2D eigenvalue weighted by Crippen LogP contribution is -2.12. The molecule has 0 aliphatic heterocycles. The molecule has 0 saturated carbocycles. The van der Waals surface area contributed by atoms with Crippen LogP contribution in [0.15, 0.2) is 28.7 Å². The molecule has 0 unspecified atom stereocenters. The molecule has 0 aliphatic carbocycles. The van der Waals surface area contributed by atoms with Crippen molar-refractivity contribution in [3.8, 4) is 6.07 Å². The van der Waals surface area contributed by atoms with Gasteiger partial charge in [-0.25, -0.2) is 8.78 Å². The molecular weight excluding hydrogens is 252 g/mol. The lowest BCUT2D eigenvalue weighted by molar-refractivity contribution is -0.0119. The standard InChI is InChI=1S/C10H8BrF2N/c11-9-4-2-8(3-5-9)10(12,13)6-1-7-14/h2-5H,1,6H2. The largest absolute Gasteiger partial charge is 0.274 e. The summed E-state index contributed by atoms with van der Waals surface area (Å²) in [6.07, 6.45) is -0.561. The lowest BCUT2D eigenvalue weighted by Gasteiger charge is -2.14. The topological polar surface area (TPSA) is 23.8 Å². The highest BCUT2D eigenvalue weighted by Crippen LogP contribution is 2.33. The van der Waals surface area contributed by atoms with E-state index in [1.807, 2.05) is 0 Å². The van der Waals surface area contributed by atoms with E-state index in [0.29, 0.717) is 0 Å². The number of hydrogen-bond donors (Lipinski definition) is 0. The Kier molecular flexibility index (Phi) is 3.59. The van der Waals surface area contributed by atoms with Crippen LogP contribution in [-0.2, 0) is 5.92 Å². The maximum atomic E-state index is 13.3. The van der Waals surface area contributed by atoms with Gasteiger partial charge in [-0.2, -0.15) is 5.26 Å². The first kappa shape index (κ1) is 11.1. The van der Waals surface area contributed by atoms with Gasteiger partial charge < -0.3 is 0 Å². The highest BCUT2D eigenvalue weighted by Gasteiger charge is 2.30. The Hall–Kier alpha value is -0.950. The van der Waals surface area contributed by atoms with E-state index in [0.717, 1.165) is 4.47 Å². The summed E-state index contributed by atoms with van der Waals surface area (Å²) >= 11 is 3.17. The van der Waals surface area contributed by atoms with Crippen LogP contribution in [0.2, 0.25) is 0 Å². The third-order valence-electron chi connectivity index (χ3n) is 1.82. The first-order chi connectivity index (χ1) is 6.56. The molecule has 0 radical (unpaired) electrons. The minimum absolute atomic E-state index is 0.0454. The van der Waals surface area contributed by atoms with Crippen molar-refractivity contribution in [2.24, 2.45) is 0 Å². The second-order valence-corrected chi connectivity index (χ2v) is 3.79. The molecule has 1 nitrogen and oxygen atoms in total. The number of halogens is 3. The van der Waals surface area contributed by atoms with Gasteiger partial charge in [0.1, 0.15) is 0 Å². The molecule has 0 aliphatic rings. The first-order valence-corrected chi connectivity index (χ1v) is 4.86. The molecule has 0 spiro atoms. The minimum Gasteiger partial charge on any atom is -0.201 e. The van der Waals surface area contributed by atoms with Gasteiger partial charge in [0.15, 0.2) is 0 Å². The Balaban J connectivity index is 2.82. The van der Waals surface area contributed by atoms with Crippen LogP contribution < -0.4 is 0 Å². The molecule has 0 atom stereocenters. The van der Waals surface area contributed by atoms with Gasteiger partial charge in [-0.05, 0) is 12.1 Å². The molecule has 0 heterocycles. The van der Waals surface area contributed by atoms with E-state index in [2.05, 4.69) is 15.9 Å². The number of alkyl halides is 2. The molecule has 74 valence electrons. The Morgan fingerprint density at radius 3 is 2.36 bits per heavy atom. The van der Waals surface area contributed by atoms with Crippen molar-refractivity contribution in [3.05, 3.63) is 34.3 Å². The average Bonchev–Trinajstić information content (AvgIpc) is 2.16. The molecule has 0 saturated heterocycles. The van der Waals surface area contributed by atoms with Crippen molar-refractivity contribution in [2.75, 3.05) is 0 Å². The molecule has 14 heavy (non-hydrogen) atoms. The van der Waals surface area contributed by atoms with E-state index in [-0.39, 0.29) is 12.0 Å². The summed E-state index contributed by atoms with van der Waals surface area (Å²) in [4.78, 5) is 0. The van der Waals surface area contributed by atoms with E-state index in [1.165, 1.54) is 12.1 Å². The summed E-state index contributed by atoms with van der Waals surface area (Å²) < 4.78 is 27.4. The number of hydrogen-bond acceptors (Lipinski definition) is 1. The van der Waals surface area contributed by atoms with Gasteiger partial charge in [-0.15, -0.1) is 0 Å². The van der Waals surface area contributed by atoms with E-state index in [9.17, 15) is 8.78 Å². The van der Waals surface area contributed by atoms with E-state index < -0.39 is 12.3 Å². The summed E-state index contributed by atoms with van der Waals surface area (Å²) in [5.74, 6) is -2.91. The van der Waals surface area contributed by atoms with Crippen molar-refractivity contribution in [3.63, 3.8) is 0 Å². The average molecular weight is 260 g/mol. The SMILES string of the molecule is N#CCCC(F)(F)c1ccc(Br)cc1. The zero-order valence-electron chi connectivity index (χ0n) is 7.30. The monoisotopic (exact) mass is 259 g/mol. The fraction of sp³-hybridized carbons (Fsp3) is 0.300. The van der Waals surface area contributed by atoms with Crippen molar-refractivity contribution in [1.82, 2.24) is 0 Å². The second kappa shape index (κ2) is 4.52. The fourth-order valence-electron chi connectivity index (χ4n) is 1.05. The van der Waals surface area contributed by atoms with Gasteiger partial charge in [0.2, 0.25) is 0 Å². The predicted octanol–water partition coefficient (Wildman–Crippen LogP) is 3.84. The first-order valence-electron chi connectivity index (χ1n) is 4.07. The van der Waals surface area contributed by atoms with Gasteiger partial charge in [0, 0.05) is 22.9 Å². The van der Waals surface area contributed by atoms with Gasteiger partial charge in [0.05, 0.1) is 6.07 Å².